The summed E-state index contributed by atoms with van der Waals surface area (Å²) in [5.74, 6) is -0.0479. The maximum atomic E-state index is 12.1. The largest absolute Gasteiger partial charge is 0.339 e. The highest BCUT2D eigenvalue weighted by molar-refractivity contribution is 8.13. The van der Waals surface area contributed by atoms with Crippen LogP contribution >= 0.6 is 10.7 Å². The molecule has 0 atom stereocenters. The number of hydrogen-bond donors (Lipinski definition) is 0. The molecule has 1 saturated heterocycles. The summed E-state index contributed by atoms with van der Waals surface area (Å²) in [7, 11) is 1.49. The number of carbonyl (C=O) groups is 1. The first-order valence-corrected chi connectivity index (χ1v) is 8.13. The first-order chi connectivity index (χ1) is 8.48. The van der Waals surface area contributed by atoms with Crippen molar-refractivity contribution in [2.24, 2.45) is 0 Å². The predicted octanol–water partition coefficient (Wildman–Crippen LogP) is 2.24. The minimum absolute atomic E-state index is 0.0133. The van der Waals surface area contributed by atoms with E-state index < -0.39 is 9.05 Å². The van der Waals surface area contributed by atoms with Crippen LogP contribution in [0.5, 0.6) is 0 Å². The Hall–Kier alpha value is -1.07. The Labute approximate surface area is 111 Å². The standard InChI is InChI=1S/C12H14ClNO3S/c13-18(16,17)11-6-4-10(5-7-11)12(15)14-8-2-1-3-9-14/h4-7H,1-3,8-9H2. The molecule has 0 aromatic heterocycles. The van der Waals surface area contributed by atoms with Gasteiger partial charge in [0.05, 0.1) is 4.90 Å². The van der Waals surface area contributed by atoms with Gasteiger partial charge < -0.3 is 4.90 Å². The zero-order chi connectivity index (χ0) is 13.2. The van der Waals surface area contributed by atoms with Crippen LogP contribution in [0.2, 0.25) is 0 Å². The van der Waals surface area contributed by atoms with Gasteiger partial charge in [-0.05, 0) is 43.5 Å². The van der Waals surface area contributed by atoms with Gasteiger partial charge in [0, 0.05) is 29.3 Å². The Morgan fingerprint density at radius 2 is 1.61 bits per heavy atom. The summed E-state index contributed by atoms with van der Waals surface area (Å²) in [6.45, 7) is 1.54. The molecule has 0 spiro atoms. The molecule has 0 saturated carbocycles. The minimum atomic E-state index is -3.72. The molecular weight excluding hydrogens is 274 g/mol. The molecule has 98 valence electrons. The van der Waals surface area contributed by atoms with Crippen molar-refractivity contribution < 1.29 is 13.2 Å². The molecule has 1 aromatic rings. The highest BCUT2D eigenvalue weighted by atomic mass is 35.7. The summed E-state index contributed by atoms with van der Waals surface area (Å²) >= 11 is 0. The molecule has 1 aliphatic heterocycles. The summed E-state index contributed by atoms with van der Waals surface area (Å²) in [6.07, 6.45) is 3.22. The average Bonchev–Trinajstić information content (AvgIpc) is 2.38. The Bertz CT molecular complexity index is 533. The number of hydrogen-bond acceptors (Lipinski definition) is 3. The monoisotopic (exact) mass is 287 g/mol. The van der Waals surface area contributed by atoms with Gasteiger partial charge in [-0.25, -0.2) is 8.42 Å². The lowest BCUT2D eigenvalue weighted by molar-refractivity contribution is 0.0724. The van der Waals surface area contributed by atoms with Gasteiger partial charge in [0.1, 0.15) is 0 Å². The van der Waals surface area contributed by atoms with Gasteiger partial charge in [0.25, 0.3) is 15.0 Å². The number of amides is 1. The highest BCUT2D eigenvalue weighted by Crippen LogP contribution is 2.17. The van der Waals surface area contributed by atoms with E-state index in [-0.39, 0.29) is 10.8 Å². The van der Waals surface area contributed by atoms with Crippen molar-refractivity contribution in [2.45, 2.75) is 24.2 Å². The van der Waals surface area contributed by atoms with Gasteiger partial charge >= 0.3 is 0 Å². The molecule has 6 heteroatoms. The maximum Gasteiger partial charge on any atom is 0.261 e. The molecule has 1 aliphatic rings. The number of rotatable bonds is 2. The third-order valence-electron chi connectivity index (χ3n) is 3.03. The molecule has 1 heterocycles. The molecule has 2 rings (SSSR count). The third kappa shape index (κ3) is 3.03. The fourth-order valence-electron chi connectivity index (χ4n) is 2.04. The van der Waals surface area contributed by atoms with Crippen LogP contribution in [-0.2, 0) is 9.05 Å². The Balaban J connectivity index is 2.16. The summed E-state index contributed by atoms with van der Waals surface area (Å²) in [5, 5.41) is 0. The van der Waals surface area contributed by atoms with E-state index in [4.69, 9.17) is 10.7 Å². The van der Waals surface area contributed by atoms with E-state index >= 15 is 0 Å². The fourth-order valence-corrected chi connectivity index (χ4v) is 2.81. The quantitative estimate of drug-likeness (QED) is 0.784. The second kappa shape index (κ2) is 5.28. The van der Waals surface area contributed by atoms with E-state index in [9.17, 15) is 13.2 Å². The fraction of sp³-hybridized carbons (Fsp3) is 0.417. The molecule has 0 bridgehead atoms. The topological polar surface area (TPSA) is 54.5 Å². The Kier molecular flexibility index (Phi) is 3.92. The van der Waals surface area contributed by atoms with E-state index in [1.54, 1.807) is 4.90 Å². The number of likely N-dealkylation sites (tertiary alicyclic amines) is 1. The lowest BCUT2D eigenvalue weighted by Gasteiger charge is -2.26. The van der Waals surface area contributed by atoms with E-state index in [1.165, 1.54) is 24.3 Å². The summed E-state index contributed by atoms with van der Waals surface area (Å²) in [6, 6.07) is 5.73. The van der Waals surface area contributed by atoms with Crippen molar-refractivity contribution in [3.63, 3.8) is 0 Å². The van der Waals surface area contributed by atoms with Crippen molar-refractivity contribution in [3.8, 4) is 0 Å². The van der Waals surface area contributed by atoms with Crippen LogP contribution in [0.25, 0.3) is 0 Å². The number of nitrogens with zero attached hydrogens (tertiary/aromatic N) is 1. The van der Waals surface area contributed by atoms with Gasteiger partial charge in [0.2, 0.25) is 0 Å². The van der Waals surface area contributed by atoms with Gasteiger partial charge in [-0.1, -0.05) is 0 Å². The maximum absolute atomic E-state index is 12.1. The van der Waals surface area contributed by atoms with Gasteiger partial charge in [-0.2, -0.15) is 0 Å². The minimum Gasteiger partial charge on any atom is -0.339 e. The van der Waals surface area contributed by atoms with Crippen LogP contribution in [0.1, 0.15) is 29.6 Å². The van der Waals surface area contributed by atoms with E-state index in [0.717, 1.165) is 32.4 Å². The third-order valence-corrected chi connectivity index (χ3v) is 4.40. The SMILES string of the molecule is O=C(c1ccc(S(=O)(=O)Cl)cc1)N1CCCCC1. The van der Waals surface area contributed by atoms with E-state index in [2.05, 4.69) is 0 Å². The summed E-state index contributed by atoms with van der Waals surface area (Å²) in [4.78, 5) is 13.9. The smallest absolute Gasteiger partial charge is 0.261 e. The van der Waals surface area contributed by atoms with Crippen molar-refractivity contribution in [3.05, 3.63) is 29.8 Å². The van der Waals surface area contributed by atoms with Crippen LogP contribution in [-0.4, -0.2) is 32.3 Å². The molecule has 1 aromatic carbocycles. The summed E-state index contributed by atoms with van der Waals surface area (Å²) < 4.78 is 22.2. The van der Waals surface area contributed by atoms with Gasteiger partial charge in [-0.15, -0.1) is 0 Å². The van der Waals surface area contributed by atoms with E-state index in [0.29, 0.717) is 5.56 Å². The van der Waals surface area contributed by atoms with Crippen LogP contribution < -0.4 is 0 Å². The number of piperidine rings is 1. The van der Waals surface area contributed by atoms with Crippen molar-refractivity contribution in [2.75, 3.05) is 13.1 Å². The van der Waals surface area contributed by atoms with Crippen molar-refractivity contribution in [1.29, 1.82) is 0 Å². The molecule has 18 heavy (non-hydrogen) atoms. The second-order valence-corrected chi connectivity index (χ2v) is 6.88. The van der Waals surface area contributed by atoms with Crippen LogP contribution in [0.15, 0.2) is 29.2 Å². The molecule has 0 N–H and O–H groups in total. The van der Waals surface area contributed by atoms with Gasteiger partial charge in [0.15, 0.2) is 0 Å². The van der Waals surface area contributed by atoms with Crippen molar-refractivity contribution in [1.82, 2.24) is 4.90 Å². The molecule has 4 nitrogen and oxygen atoms in total. The first-order valence-electron chi connectivity index (χ1n) is 5.82. The molecular formula is C12H14ClNO3S. The lowest BCUT2D eigenvalue weighted by atomic mass is 10.1. The predicted molar refractivity (Wildman–Crippen MR) is 69.2 cm³/mol. The van der Waals surface area contributed by atoms with E-state index in [1.807, 2.05) is 0 Å². The number of halogens is 1. The van der Waals surface area contributed by atoms with Crippen LogP contribution in [0.4, 0.5) is 0 Å². The van der Waals surface area contributed by atoms with Gasteiger partial charge in [-0.3, -0.25) is 4.79 Å². The summed E-state index contributed by atoms with van der Waals surface area (Å²) in [5.41, 5.74) is 0.501. The average molecular weight is 288 g/mol. The normalized spacial score (nSPS) is 16.6. The molecule has 0 radical (unpaired) electrons. The molecule has 0 aliphatic carbocycles. The zero-order valence-electron chi connectivity index (χ0n) is 9.80. The molecule has 0 unspecified atom stereocenters. The Morgan fingerprint density at radius 1 is 1.06 bits per heavy atom. The molecule has 1 fully saturated rings. The first kappa shape index (κ1) is 13.4. The second-order valence-electron chi connectivity index (χ2n) is 4.32. The van der Waals surface area contributed by atoms with Crippen LogP contribution in [0, 0.1) is 0 Å². The highest BCUT2D eigenvalue weighted by Gasteiger charge is 2.18. The number of carbonyl (C=O) groups excluding carboxylic acids is 1. The molecule has 1 amide bonds. The number of benzene rings is 1. The van der Waals surface area contributed by atoms with Crippen molar-refractivity contribution >= 4 is 25.6 Å². The zero-order valence-corrected chi connectivity index (χ0v) is 11.4. The Morgan fingerprint density at radius 3 is 2.11 bits per heavy atom. The lowest BCUT2D eigenvalue weighted by Crippen LogP contribution is -2.35. The van der Waals surface area contributed by atoms with Crippen LogP contribution in [0.3, 0.4) is 0 Å².